The lowest BCUT2D eigenvalue weighted by atomic mass is 10.0. The van der Waals surface area contributed by atoms with Crippen molar-refractivity contribution in [2.45, 2.75) is 12.2 Å². The van der Waals surface area contributed by atoms with Crippen LogP contribution in [0.15, 0.2) is 0 Å². The smallest absolute Gasteiger partial charge is 0.126 e. The topological polar surface area (TPSA) is 80.9 Å². The molecule has 4 N–H and O–H groups in total. The Labute approximate surface area is 141 Å². The van der Waals surface area contributed by atoms with Gasteiger partial charge in [0.25, 0.3) is 0 Å². The molecule has 4 unspecified atom stereocenters. The highest BCUT2D eigenvalue weighted by atomic mass is 127. The summed E-state index contributed by atoms with van der Waals surface area (Å²) in [6.07, 6.45) is -1.51. The lowest BCUT2D eigenvalue weighted by Gasteiger charge is -2.37. The van der Waals surface area contributed by atoms with Gasteiger partial charge in [0.1, 0.15) is 25.3 Å². The van der Waals surface area contributed by atoms with E-state index < -0.39 is 12.2 Å². The lowest BCUT2D eigenvalue weighted by molar-refractivity contribution is -0.924. The zero-order valence-corrected chi connectivity index (χ0v) is 15.3. The maximum atomic E-state index is 9.77. The van der Waals surface area contributed by atoms with E-state index in [-0.39, 0.29) is 13.2 Å². The molecule has 1 aliphatic rings. The molecule has 19 heavy (non-hydrogen) atoms. The Kier molecular flexibility index (Phi) is 8.33. The highest BCUT2D eigenvalue weighted by Crippen LogP contribution is 2.33. The molecule has 1 rings (SSSR count). The Morgan fingerprint density at radius 1 is 0.895 bits per heavy atom. The number of aliphatic hydroxyl groups excluding tert-OH is 4. The summed E-state index contributed by atoms with van der Waals surface area (Å²) >= 11 is 4.79. The molecule has 114 valence electrons. The molecule has 1 aliphatic heterocycles. The highest BCUT2D eigenvalue weighted by molar-refractivity contribution is 14.1. The van der Waals surface area contributed by atoms with Crippen molar-refractivity contribution in [2.24, 2.45) is 11.8 Å². The summed E-state index contributed by atoms with van der Waals surface area (Å²) in [5.74, 6) is 1.16. The van der Waals surface area contributed by atoms with Crippen molar-refractivity contribution in [3.05, 3.63) is 0 Å². The number of nitrogens with zero attached hydrogens (tertiary/aromatic N) is 1. The molecule has 0 aromatic carbocycles. The summed E-state index contributed by atoms with van der Waals surface area (Å²) < 4.78 is 2.73. The molecule has 0 aromatic rings. The fourth-order valence-electron chi connectivity index (χ4n) is 3.10. The van der Waals surface area contributed by atoms with Crippen LogP contribution in [-0.4, -0.2) is 85.4 Å². The maximum absolute atomic E-state index is 9.77. The molecule has 0 saturated carbocycles. The third kappa shape index (κ3) is 5.19. The van der Waals surface area contributed by atoms with Gasteiger partial charge in [0.2, 0.25) is 0 Å². The Morgan fingerprint density at radius 3 is 1.53 bits per heavy atom. The van der Waals surface area contributed by atoms with Gasteiger partial charge in [0.15, 0.2) is 0 Å². The fourth-order valence-corrected chi connectivity index (χ4v) is 5.09. The number of halogens is 2. The summed E-state index contributed by atoms with van der Waals surface area (Å²) in [5.41, 5.74) is 0. The highest BCUT2D eigenvalue weighted by Gasteiger charge is 2.45. The fraction of sp³-hybridized carbons (Fsp3) is 1.00. The van der Waals surface area contributed by atoms with Crippen LogP contribution in [-0.2, 0) is 0 Å². The summed E-state index contributed by atoms with van der Waals surface area (Å²) in [6.45, 7) is 2.22. The maximum Gasteiger partial charge on any atom is 0.126 e. The van der Waals surface area contributed by atoms with Crippen molar-refractivity contribution in [2.75, 3.05) is 48.2 Å². The van der Waals surface area contributed by atoms with Gasteiger partial charge < -0.3 is 24.9 Å². The Balaban J connectivity index is 2.81. The van der Waals surface area contributed by atoms with Gasteiger partial charge in [-0.25, -0.2) is 0 Å². The predicted octanol–water partition coefficient (Wildman–Crippen LogP) is -0.374. The van der Waals surface area contributed by atoms with Crippen LogP contribution in [0.2, 0.25) is 0 Å². The van der Waals surface area contributed by atoms with Gasteiger partial charge in [-0.15, -0.1) is 0 Å². The van der Waals surface area contributed by atoms with Gasteiger partial charge in [0, 0.05) is 20.7 Å². The molecule has 5 nitrogen and oxygen atoms in total. The summed E-state index contributed by atoms with van der Waals surface area (Å²) in [4.78, 5) is 0. The van der Waals surface area contributed by atoms with Crippen molar-refractivity contribution in [3.63, 3.8) is 0 Å². The van der Waals surface area contributed by atoms with Gasteiger partial charge >= 0.3 is 0 Å². The van der Waals surface area contributed by atoms with E-state index in [0.29, 0.717) is 29.4 Å². The Morgan fingerprint density at radius 2 is 1.26 bits per heavy atom. The van der Waals surface area contributed by atoms with Crippen LogP contribution in [0.4, 0.5) is 0 Å². The van der Waals surface area contributed by atoms with E-state index in [9.17, 15) is 10.2 Å². The van der Waals surface area contributed by atoms with Gasteiger partial charge in [-0.2, -0.15) is 0 Å². The second-order valence-electron chi connectivity index (χ2n) is 5.57. The zero-order chi connectivity index (χ0) is 14.5. The first-order valence-electron chi connectivity index (χ1n) is 6.55. The molecular formula is C12H24I2NO4+. The third-order valence-electron chi connectivity index (χ3n) is 3.92. The van der Waals surface area contributed by atoms with Crippen LogP contribution in [0.3, 0.4) is 0 Å². The minimum atomic E-state index is -0.756. The van der Waals surface area contributed by atoms with E-state index in [2.05, 4.69) is 45.2 Å². The molecule has 1 fully saturated rings. The van der Waals surface area contributed by atoms with Crippen molar-refractivity contribution in [1.29, 1.82) is 0 Å². The summed E-state index contributed by atoms with van der Waals surface area (Å²) in [7, 11) is 0. The van der Waals surface area contributed by atoms with Crippen LogP contribution < -0.4 is 0 Å². The molecule has 0 bridgehead atoms. The minimum Gasteiger partial charge on any atom is -0.393 e. The van der Waals surface area contributed by atoms with Gasteiger partial charge in [-0.05, 0) is 0 Å². The molecule has 0 spiro atoms. The second kappa shape index (κ2) is 8.64. The number of rotatable bonds is 8. The number of alkyl halides is 2. The minimum absolute atomic E-state index is 0.251. The van der Waals surface area contributed by atoms with Crippen molar-refractivity contribution in [1.82, 2.24) is 0 Å². The molecular weight excluding hydrogens is 476 g/mol. The number of hydrogen-bond donors (Lipinski definition) is 4. The molecule has 1 saturated heterocycles. The van der Waals surface area contributed by atoms with Gasteiger partial charge in [0.05, 0.1) is 26.3 Å². The molecule has 0 radical (unpaired) electrons. The summed E-state index contributed by atoms with van der Waals surface area (Å²) in [6, 6.07) is 0. The van der Waals surface area contributed by atoms with Crippen LogP contribution in [0, 0.1) is 11.8 Å². The van der Waals surface area contributed by atoms with Crippen molar-refractivity contribution in [3.8, 4) is 0 Å². The van der Waals surface area contributed by atoms with Gasteiger partial charge in [-0.1, -0.05) is 45.2 Å². The van der Waals surface area contributed by atoms with Crippen LogP contribution >= 0.6 is 45.2 Å². The number of hydrogen-bond acceptors (Lipinski definition) is 4. The van der Waals surface area contributed by atoms with Crippen LogP contribution in [0.25, 0.3) is 0 Å². The molecule has 0 aromatic heterocycles. The predicted molar refractivity (Wildman–Crippen MR) is 90.7 cm³/mol. The number of quaternary nitrogens is 1. The number of likely N-dealkylation sites (tertiary alicyclic amines) is 1. The van der Waals surface area contributed by atoms with Crippen molar-refractivity contribution >= 4 is 45.2 Å². The molecule has 0 aliphatic carbocycles. The Bertz CT molecular complexity index is 244. The van der Waals surface area contributed by atoms with E-state index in [1.165, 1.54) is 0 Å². The molecule has 1 heterocycles. The van der Waals surface area contributed by atoms with Gasteiger partial charge in [-0.3, -0.25) is 0 Å². The molecule has 4 atom stereocenters. The summed E-state index contributed by atoms with van der Waals surface area (Å²) in [5, 5.41) is 37.7. The van der Waals surface area contributed by atoms with Crippen molar-refractivity contribution < 1.29 is 24.9 Å². The first kappa shape index (κ1) is 18.3. The monoisotopic (exact) mass is 500 g/mol. The van der Waals surface area contributed by atoms with E-state index in [4.69, 9.17) is 10.2 Å². The standard InChI is InChI=1S/C12H24I2NO4/c13-1-9-3-15(4-10(9)2-14,5-11(18)7-16)6-12(19)8-17/h9-12,16-19H,1-8H2/q+1. The first-order valence-corrected chi connectivity index (χ1v) is 9.60. The normalized spacial score (nSPS) is 34.4. The molecule has 0 amide bonds. The second-order valence-corrected chi connectivity index (χ2v) is 7.34. The van der Waals surface area contributed by atoms with Crippen LogP contribution in [0.5, 0.6) is 0 Å². The van der Waals surface area contributed by atoms with Crippen LogP contribution in [0.1, 0.15) is 0 Å². The third-order valence-corrected chi connectivity index (χ3v) is 6.19. The van der Waals surface area contributed by atoms with E-state index in [1.54, 1.807) is 0 Å². The van der Waals surface area contributed by atoms with E-state index in [0.717, 1.165) is 21.9 Å². The SMILES string of the molecule is OCC(O)C[N+]1(CC(O)CO)CC(CI)C(CI)C1. The number of aliphatic hydroxyl groups is 4. The quantitative estimate of drug-likeness (QED) is 0.209. The van der Waals surface area contributed by atoms with E-state index in [1.807, 2.05) is 0 Å². The average Bonchev–Trinajstić information content (AvgIpc) is 2.76. The largest absolute Gasteiger partial charge is 0.393 e. The zero-order valence-electron chi connectivity index (χ0n) is 11.0. The lowest BCUT2D eigenvalue weighted by Crippen LogP contribution is -2.55. The molecule has 7 heteroatoms. The van der Waals surface area contributed by atoms with E-state index >= 15 is 0 Å². The average molecular weight is 500 g/mol. The Hall–Kier alpha value is 1.26. The first-order chi connectivity index (χ1) is 9.00.